The molecule has 0 fully saturated rings. The molecule has 0 radical (unpaired) electrons. The van der Waals surface area contributed by atoms with Gasteiger partial charge in [-0.2, -0.15) is 11.3 Å². The molecule has 1 heterocycles. The molecule has 17 heavy (non-hydrogen) atoms. The second-order valence-electron chi connectivity index (χ2n) is 3.63. The first-order chi connectivity index (χ1) is 8.13. The Hall–Kier alpha value is -1.40. The molecule has 0 saturated heterocycles. The lowest BCUT2D eigenvalue weighted by Crippen LogP contribution is -2.47. The first-order valence-electron chi connectivity index (χ1n) is 5.40. The third-order valence-corrected chi connectivity index (χ3v) is 3.03. The standard InChI is InChI=1S/C11H17N3O2S/c1-8(10(15)14-11(16)12-2)13-5-3-9-4-6-17-7-9/h4,6-8,13H,3,5H2,1-2H3,(H2,12,14,15,16). The van der Waals surface area contributed by atoms with E-state index in [0.29, 0.717) is 6.54 Å². The van der Waals surface area contributed by atoms with Gasteiger partial charge in [-0.25, -0.2) is 4.79 Å². The molecule has 1 rings (SSSR count). The molecule has 0 aromatic carbocycles. The average molecular weight is 255 g/mol. The van der Waals surface area contributed by atoms with Gasteiger partial charge in [-0.15, -0.1) is 0 Å². The first kappa shape index (κ1) is 13.7. The van der Waals surface area contributed by atoms with Crippen LogP contribution < -0.4 is 16.0 Å². The summed E-state index contributed by atoms with van der Waals surface area (Å²) in [5.41, 5.74) is 1.25. The van der Waals surface area contributed by atoms with Crippen LogP contribution in [0.1, 0.15) is 12.5 Å². The van der Waals surface area contributed by atoms with Crippen molar-refractivity contribution in [2.45, 2.75) is 19.4 Å². The van der Waals surface area contributed by atoms with Crippen LogP contribution in [0.5, 0.6) is 0 Å². The Balaban J connectivity index is 2.22. The molecule has 1 aromatic rings. The van der Waals surface area contributed by atoms with Gasteiger partial charge in [-0.1, -0.05) is 0 Å². The quantitative estimate of drug-likeness (QED) is 0.726. The maximum atomic E-state index is 11.5. The van der Waals surface area contributed by atoms with E-state index >= 15 is 0 Å². The summed E-state index contributed by atoms with van der Waals surface area (Å²) in [5.74, 6) is -0.324. The highest BCUT2D eigenvalue weighted by Crippen LogP contribution is 2.05. The highest BCUT2D eigenvalue weighted by molar-refractivity contribution is 7.07. The number of carbonyl (C=O) groups excluding carboxylic acids is 2. The first-order valence-corrected chi connectivity index (χ1v) is 6.34. The lowest BCUT2D eigenvalue weighted by Gasteiger charge is -2.12. The Labute approximate surface area is 105 Å². The van der Waals surface area contributed by atoms with Gasteiger partial charge < -0.3 is 10.6 Å². The number of amides is 3. The summed E-state index contributed by atoms with van der Waals surface area (Å²) in [7, 11) is 1.47. The van der Waals surface area contributed by atoms with Crippen molar-refractivity contribution in [3.63, 3.8) is 0 Å². The van der Waals surface area contributed by atoms with Gasteiger partial charge in [0.05, 0.1) is 6.04 Å². The summed E-state index contributed by atoms with van der Waals surface area (Å²) in [5, 5.41) is 11.7. The number of nitrogens with one attached hydrogen (secondary N) is 3. The fraction of sp³-hybridized carbons (Fsp3) is 0.455. The fourth-order valence-electron chi connectivity index (χ4n) is 1.24. The minimum absolute atomic E-state index is 0.324. The smallest absolute Gasteiger partial charge is 0.321 e. The van der Waals surface area contributed by atoms with Crippen LogP contribution in [0.4, 0.5) is 4.79 Å². The van der Waals surface area contributed by atoms with Crippen LogP contribution in [-0.4, -0.2) is 31.6 Å². The molecule has 0 aliphatic heterocycles. The summed E-state index contributed by atoms with van der Waals surface area (Å²) in [6.45, 7) is 2.44. The normalized spacial score (nSPS) is 11.9. The maximum absolute atomic E-state index is 11.5. The molecular formula is C11H17N3O2S. The van der Waals surface area contributed by atoms with Crippen molar-refractivity contribution < 1.29 is 9.59 Å². The molecule has 1 atom stereocenters. The Kier molecular flexibility index (Phi) is 5.65. The van der Waals surface area contributed by atoms with Gasteiger partial charge in [-0.3, -0.25) is 10.1 Å². The molecule has 1 aromatic heterocycles. The molecule has 0 aliphatic rings. The van der Waals surface area contributed by atoms with E-state index < -0.39 is 6.03 Å². The molecule has 1 unspecified atom stereocenters. The maximum Gasteiger partial charge on any atom is 0.321 e. The lowest BCUT2D eigenvalue weighted by atomic mass is 10.2. The third kappa shape index (κ3) is 4.97. The second-order valence-corrected chi connectivity index (χ2v) is 4.41. The summed E-state index contributed by atoms with van der Waals surface area (Å²) in [4.78, 5) is 22.4. The average Bonchev–Trinajstić information content (AvgIpc) is 2.81. The van der Waals surface area contributed by atoms with Gasteiger partial charge in [0.1, 0.15) is 0 Å². The molecule has 0 bridgehead atoms. The topological polar surface area (TPSA) is 70.2 Å². The number of imide groups is 1. The Morgan fingerprint density at radius 3 is 2.82 bits per heavy atom. The predicted octanol–water partition coefficient (Wildman–Crippen LogP) is 0.724. The van der Waals surface area contributed by atoms with Crippen LogP contribution in [0, 0.1) is 0 Å². The molecule has 0 saturated carbocycles. The number of hydrogen-bond donors (Lipinski definition) is 3. The fourth-order valence-corrected chi connectivity index (χ4v) is 1.95. The molecule has 0 aliphatic carbocycles. The third-order valence-electron chi connectivity index (χ3n) is 2.30. The van der Waals surface area contributed by atoms with E-state index in [1.54, 1.807) is 18.3 Å². The number of hydrogen-bond acceptors (Lipinski definition) is 4. The molecule has 3 N–H and O–H groups in total. The van der Waals surface area contributed by atoms with E-state index in [9.17, 15) is 9.59 Å². The highest BCUT2D eigenvalue weighted by Gasteiger charge is 2.13. The van der Waals surface area contributed by atoms with E-state index in [2.05, 4.69) is 27.4 Å². The summed E-state index contributed by atoms with van der Waals surface area (Å²) >= 11 is 1.66. The van der Waals surface area contributed by atoms with Crippen molar-refractivity contribution in [2.75, 3.05) is 13.6 Å². The van der Waals surface area contributed by atoms with Gasteiger partial charge in [0.15, 0.2) is 0 Å². The van der Waals surface area contributed by atoms with Crippen LogP contribution >= 0.6 is 11.3 Å². The van der Waals surface area contributed by atoms with Crippen LogP contribution in [0.25, 0.3) is 0 Å². The molecular weight excluding hydrogens is 238 g/mol. The zero-order valence-electron chi connectivity index (χ0n) is 9.95. The predicted molar refractivity (Wildman–Crippen MR) is 68.1 cm³/mol. The van der Waals surface area contributed by atoms with Crippen molar-refractivity contribution in [1.29, 1.82) is 0 Å². The van der Waals surface area contributed by atoms with Crippen molar-refractivity contribution in [3.8, 4) is 0 Å². The van der Waals surface area contributed by atoms with E-state index in [0.717, 1.165) is 6.42 Å². The number of thiophene rings is 1. The molecule has 5 nitrogen and oxygen atoms in total. The number of urea groups is 1. The highest BCUT2D eigenvalue weighted by atomic mass is 32.1. The second kappa shape index (κ2) is 7.03. The Bertz CT molecular complexity index is 365. The number of carbonyl (C=O) groups is 2. The number of rotatable bonds is 5. The molecule has 0 spiro atoms. The van der Waals surface area contributed by atoms with Gasteiger partial charge >= 0.3 is 6.03 Å². The van der Waals surface area contributed by atoms with Crippen LogP contribution in [0.3, 0.4) is 0 Å². The van der Waals surface area contributed by atoms with E-state index in [-0.39, 0.29) is 11.9 Å². The molecule has 94 valence electrons. The van der Waals surface area contributed by atoms with Crippen LogP contribution in [-0.2, 0) is 11.2 Å². The van der Waals surface area contributed by atoms with Crippen molar-refractivity contribution in [1.82, 2.24) is 16.0 Å². The van der Waals surface area contributed by atoms with Gasteiger partial charge in [0, 0.05) is 7.05 Å². The van der Waals surface area contributed by atoms with Gasteiger partial charge in [0.25, 0.3) is 0 Å². The summed E-state index contributed by atoms with van der Waals surface area (Å²) < 4.78 is 0. The molecule has 6 heteroatoms. The van der Waals surface area contributed by atoms with Crippen molar-refractivity contribution in [3.05, 3.63) is 22.4 Å². The van der Waals surface area contributed by atoms with E-state index in [1.807, 2.05) is 5.38 Å². The minimum Gasteiger partial charge on any atom is -0.341 e. The SMILES string of the molecule is CNC(=O)NC(=O)C(C)NCCc1ccsc1. The Morgan fingerprint density at radius 2 is 2.24 bits per heavy atom. The summed E-state index contributed by atoms with van der Waals surface area (Å²) in [6.07, 6.45) is 0.876. The van der Waals surface area contributed by atoms with E-state index in [4.69, 9.17) is 0 Å². The summed E-state index contributed by atoms with van der Waals surface area (Å²) in [6, 6.07) is 1.19. The molecule has 3 amide bonds. The van der Waals surface area contributed by atoms with E-state index in [1.165, 1.54) is 12.6 Å². The zero-order chi connectivity index (χ0) is 12.7. The Morgan fingerprint density at radius 1 is 1.47 bits per heavy atom. The van der Waals surface area contributed by atoms with Crippen LogP contribution in [0.2, 0.25) is 0 Å². The largest absolute Gasteiger partial charge is 0.341 e. The van der Waals surface area contributed by atoms with Gasteiger partial charge in [-0.05, 0) is 42.3 Å². The van der Waals surface area contributed by atoms with Crippen molar-refractivity contribution in [2.24, 2.45) is 0 Å². The van der Waals surface area contributed by atoms with Crippen LogP contribution in [0.15, 0.2) is 16.8 Å². The van der Waals surface area contributed by atoms with Crippen molar-refractivity contribution >= 4 is 23.3 Å². The zero-order valence-corrected chi connectivity index (χ0v) is 10.8. The monoisotopic (exact) mass is 255 g/mol. The minimum atomic E-state index is -0.485. The van der Waals surface area contributed by atoms with Gasteiger partial charge in [0.2, 0.25) is 5.91 Å². The lowest BCUT2D eigenvalue weighted by molar-refractivity contribution is -0.121.